The standard InChI is InChI=1S/C19H30N2O2/c1-5-15-9-6-7-10-16(15)13-20-14-19(11-8-12-19)21-17(22)23-18(2,3)4/h6-7,9-10,20H,5,8,11-14H2,1-4H3,(H,21,22). The summed E-state index contributed by atoms with van der Waals surface area (Å²) >= 11 is 0. The van der Waals surface area contributed by atoms with Crippen LogP contribution in [0.2, 0.25) is 0 Å². The van der Waals surface area contributed by atoms with Gasteiger partial charge in [-0.2, -0.15) is 0 Å². The molecule has 0 radical (unpaired) electrons. The summed E-state index contributed by atoms with van der Waals surface area (Å²) in [5.74, 6) is 0. The highest BCUT2D eigenvalue weighted by Gasteiger charge is 2.39. The number of carbonyl (C=O) groups is 1. The van der Waals surface area contributed by atoms with E-state index < -0.39 is 5.60 Å². The fraction of sp³-hybridized carbons (Fsp3) is 0.632. The van der Waals surface area contributed by atoms with Gasteiger partial charge in [0.05, 0.1) is 5.54 Å². The Kier molecular flexibility index (Phi) is 5.69. The van der Waals surface area contributed by atoms with Crippen LogP contribution in [0, 0.1) is 0 Å². The van der Waals surface area contributed by atoms with Gasteiger partial charge in [0.1, 0.15) is 5.60 Å². The zero-order chi connectivity index (χ0) is 16.9. The third-order valence-corrected chi connectivity index (χ3v) is 4.35. The number of alkyl carbamates (subject to hydrolysis) is 1. The lowest BCUT2D eigenvalue weighted by atomic mass is 9.76. The van der Waals surface area contributed by atoms with Crippen LogP contribution < -0.4 is 10.6 Å². The van der Waals surface area contributed by atoms with Gasteiger partial charge in [0.25, 0.3) is 0 Å². The molecule has 1 aliphatic rings. The van der Waals surface area contributed by atoms with E-state index in [9.17, 15) is 4.79 Å². The Hall–Kier alpha value is -1.55. The first kappa shape index (κ1) is 17.8. The van der Waals surface area contributed by atoms with E-state index in [0.29, 0.717) is 0 Å². The normalized spacial score (nSPS) is 16.5. The second kappa shape index (κ2) is 7.35. The van der Waals surface area contributed by atoms with Gasteiger partial charge in [0, 0.05) is 13.1 Å². The summed E-state index contributed by atoms with van der Waals surface area (Å²) in [6.45, 7) is 9.46. The number of hydrogen-bond acceptors (Lipinski definition) is 3. The van der Waals surface area contributed by atoms with E-state index in [0.717, 1.165) is 38.8 Å². The monoisotopic (exact) mass is 318 g/mol. The van der Waals surface area contributed by atoms with Crippen LogP contribution in [0.3, 0.4) is 0 Å². The van der Waals surface area contributed by atoms with Crippen molar-refractivity contribution >= 4 is 6.09 Å². The summed E-state index contributed by atoms with van der Waals surface area (Å²) in [6.07, 6.45) is 3.90. The molecule has 2 rings (SSSR count). The lowest BCUT2D eigenvalue weighted by molar-refractivity contribution is 0.0382. The quantitative estimate of drug-likeness (QED) is 0.839. The molecule has 4 heteroatoms. The minimum absolute atomic E-state index is 0.149. The summed E-state index contributed by atoms with van der Waals surface area (Å²) in [5.41, 5.74) is 2.11. The van der Waals surface area contributed by atoms with Crippen molar-refractivity contribution in [3.63, 3.8) is 0 Å². The number of rotatable bonds is 6. The number of nitrogens with one attached hydrogen (secondary N) is 2. The van der Waals surface area contributed by atoms with Crippen LogP contribution in [0.25, 0.3) is 0 Å². The van der Waals surface area contributed by atoms with Crippen molar-refractivity contribution in [2.45, 2.75) is 71.1 Å². The van der Waals surface area contributed by atoms with Crippen molar-refractivity contribution in [3.8, 4) is 0 Å². The average molecular weight is 318 g/mol. The zero-order valence-corrected chi connectivity index (χ0v) is 14.9. The number of ether oxygens (including phenoxy) is 1. The van der Waals surface area contributed by atoms with Crippen LogP contribution in [-0.2, 0) is 17.7 Å². The third kappa shape index (κ3) is 5.24. The highest BCUT2D eigenvalue weighted by Crippen LogP contribution is 2.31. The number of hydrogen-bond donors (Lipinski definition) is 2. The summed E-state index contributed by atoms with van der Waals surface area (Å²) < 4.78 is 5.39. The minimum atomic E-state index is -0.456. The van der Waals surface area contributed by atoms with Crippen molar-refractivity contribution in [2.75, 3.05) is 6.54 Å². The molecular formula is C19H30N2O2. The van der Waals surface area contributed by atoms with Gasteiger partial charge < -0.3 is 15.4 Å². The van der Waals surface area contributed by atoms with Gasteiger partial charge in [0.15, 0.2) is 0 Å². The number of carbonyl (C=O) groups excluding carboxylic acids is 1. The molecule has 0 aromatic heterocycles. The lowest BCUT2D eigenvalue weighted by Crippen LogP contribution is -2.59. The molecule has 1 aromatic carbocycles. The number of amides is 1. The Labute approximate surface area is 140 Å². The van der Waals surface area contributed by atoms with Gasteiger partial charge in [0.2, 0.25) is 0 Å². The first-order chi connectivity index (χ1) is 10.8. The van der Waals surface area contributed by atoms with E-state index in [4.69, 9.17) is 4.74 Å². The van der Waals surface area contributed by atoms with Crippen LogP contribution in [0.1, 0.15) is 58.1 Å². The third-order valence-electron chi connectivity index (χ3n) is 4.35. The molecule has 128 valence electrons. The summed E-state index contributed by atoms with van der Waals surface area (Å²) in [6, 6.07) is 8.50. The van der Waals surface area contributed by atoms with E-state index in [1.165, 1.54) is 11.1 Å². The molecule has 0 spiro atoms. The minimum Gasteiger partial charge on any atom is -0.444 e. The SMILES string of the molecule is CCc1ccccc1CNCC1(NC(=O)OC(C)(C)C)CCC1. The molecule has 0 unspecified atom stereocenters. The second-order valence-electron chi connectivity index (χ2n) is 7.49. The molecule has 0 atom stereocenters. The molecule has 1 aliphatic carbocycles. The number of benzene rings is 1. The van der Waals surface area contributed by atoms with Gasteiger partial charge in [-0.15, -0.1) is 0 Å². The van der Waals surface area contributed by atoms with Gasteiger partial charge in [-0.1, -0.05) is 31.2 Å². The largest absolute Gasteiger partial charge is 0.444 e. The average Bonchev–Trinajstić information content (AvgIpc) is 2.43. The predicted molar refractivity (Wildman–Crippen MR) is 93.5 cm³/mol. The van der Waals surface area contributed by atoms with Crippen LogP contribution in [0.4, 0.5) is 4.79 Å². The molecule has 0 saturated heterocycles. The molecule has 4 nitrogen and oxygen atoms in total. The second-order valence-corrected chi connectivity index (χ2v) is 7.49. The molecule has 23 heavy (non-hydrogen) atoms. The Morgan fingerprint density at radius 3 is 2.39 bits per heavy atom. The van der Waals surface area contributed by atoms with Crippen LogP contribution in [-0.4, -0.2) is 23.8 Å². The van der Waals surface area contributed by atoms with E-state index in [1.54, 1.807) is 0 Å². The molecule has 2 N–H and O–H groups in total. The fourth-order valence-electron chi connectivity index (χ4n) is 2.98. The maximum atomic E-state index is 12.0. The van der Waals surface area contributed by atoms with Gasteiger partial charge in [-0.3, -0.25) is 0 Å². The van der Waals surface area contributed by atoms with E-state index in [-0.39, 0.29) is 11.6 Å². The highest BCUT2D eigenvalue weighted by atomic mass is 16.6. The zero-order valence-electron chi connectivity index (χ0n) is 14.9. The smallest absolute Gasteiger partial charge is 0.408 e. The van der Waals surface area contributed by atoms with Crippen molar-refractivity contribution in [3.05, 3.63) is 35.4 Å². The molecule has 0 aliphatic heterocycles. The Morgan fingerprint density at radius 2 is 1.87 bits per heavy atom. The lowest BCUT2D eigenvalue weighted by Gasteiger charge is -2.43. The van der Waals surface area contributed by atoms with Gasteiger partial charge >= 0.3 is 6.09 Å². The molecule has 0 heterocycles. The predicted octanol–water partition coefficient (Wildman–Crippen LogP) is 3.79. The van der Waals surface area contributed by atoms with Gasteiger partial charge in [-0.25, -0.2) is 4.79 Å². The van der Waals surface area contributed by atoms with Crippen molar-refractivity contribution < 1.29 is 9.53 Å². The highest BCUT2D eigenvalue weighted by molar-refractivity contribution is 5.69. The maximum Gasteiger partial charge on any atom is 0.408 e. The van der Waals surface area contributed by atoms with Crippen molar-refractivity contribution in [1.29, 1.82) is 0 Å². The fourth-order valence-corrected chi connectivity index (χ4v) is 2.98. The van der Waals surface area contributed by atoms with Crippen LogP contribution >= 0.6 is 0 Å². The topological polar surface area (TPSA) is 50.4 Å². The molecule has 0 bridgehead atoms. The summed E-state index contributed by atoms with van der Waals surface area (Å²) in [4.78, 5) is 12.0. The first-order valence-corrected chi connectivity index (χ1v) is 8.62. The number of aryl methyl sites for hydroxylation is 1. The molecular weight excluding hydrogens is 288 g/mol. The molecule has 1 fully saturated rings. The van der Waals surface area contributed by atoms with Crippen molar-refractivity contribution in [1.82, 2.24) is 10.6 Å². The summed E-state index contributed by atoms with van der Waals surface area (Å²) in [7, 11) is 0. The van der Waals surface area contributed by atoms with E-state index in [2.05, 4.69) is 41.8 Å². The van der Waals surface area contributed by atoms with E-state index in [1.807, 2.05) is 20.8 Å². The maximum absolute atomic E-state index is 12.0. The van der Waals surface area contributed by atoms with Crippen LogP contribution in [0.15, 0.2) is 24.3 Å². The Balaban J connectivity index is 1.86. The van der Waals surface area contributed by atoms with Crippen LogP contribution in [0.5, 0.6) is 0 Å². The Morgan fingerprint density at radius 1 is 1.22 bits per heavy atom. The first-order valence-electron chi connectivity index (χ1n) is 8.62. The van der Waals surface area contributed by atoms with Gasteiger partial charge in [-0.05, 0) is 57.6 Å². The summed E-state index contributed by atoms with van der Waals surface area (Å²) in [5, 5.41) is 6.59. The molecule has 1 saturated carbocycles. The van der Waals surface area contributed by atoms with E-state index >= 15 is 0 Å². The molecule has 1 aromatic rings. The van der Waals surface area contributed by atoms with Crippen molar-refractivity contribution in [2.24, 2.45) is 0 Å². The molecule has 1 amide bonds. The Bertz CT molecular complexity index is 530.